The summed E-state index contributed by atoms with van der Waals surface area (Å²) < 4.78 is 5.64. The number of aromatic nitrogens is 2. The number of rotatable bonds is 7. The first-order valence-corrected chi connectivity index (χ1v) is 8.78. The normalized spacial score (nSPS) is 10.5. The fourth-order valence-electron chi connectivity index (χ4n) is 2.45. The Kier molecular flexibility index (Phi) is 5.99. The molecule has 0 atom stereocenters. The number of hydrogen-bond acceptors (Lipinski definition) is 5. The monoisotopic (exact) mass is 362 g/mol. The summed E-state index contributed by atoms with van der Waals surface area (Å²) in [5.74, 6) is 0.574. The molecule has 0 aliphatic carbocycles. The molecule has 6 heteroatoms. The van der Waals surface area contributed by atoms with E-state index in [1.165, 1.54) is 0 Å². The molecule has 0 fully saturated rings. The lowest BCUT2D eigenvalue weighted by Gasteiger charge is -2.11. The Morgan fingerprint density at radius 3 is 2.52 bits per heavy atom. The van der Waals surface area contributed by atoms with E-state index in [-0.39, 0.29) is 12.0 Å². The number of hydrogen-bond donors (Lipinski definition) is 2. The van der Waals surface area contributed by atoms with Crippen molar-refractivity contribution in [3.63, 3.8) is 0 Å². The van der Waals surface area contributed by atoms with E-state index in [9.17, 15) is 4.79 Å². The van der Waals surface area contributed by atoms with Crippen LogP contribution in [-0.4, -0.2) is 22.0 Å². The maximum Gasteiger partial charge on any atom is 0.270 e. The van der Waals surface area contributed by atoms with Crippen molar-refractivity contribution in [2.45, 2.75) is 26.5 Å². The topological polar surface area (TPSA) is 76.1 Å². The van der Waals surface area contributed by atoms with E-state index in [1.54, 1.807) is 18.5 Å². The van der Waals surface area contributed by atoms with Crippen LogP contribution in [0.4, 0.5) is 11.4 Å². The molecule has 3 aromatic rings. The van der Waals surface area contributed by atoms with Crippen LogP contribution < -0.4 is 15.4 Å². The van der Waals surface area contributed by atoms with Gasteiger partial charge in [-0.3, -0.25) is 14.8 Å². The van der Waals surface area contributed by atoms with Crippen LogP contribution in [0, 0.1) is 0 Å². The van der Waals surface area contributed by atoms with Gasteiger partial charge in [0.15, 0.2) is 0 Å². The summed E-state index contributed by atoms with van der Waals surface area (Å²) in [5.41, 5.74) is 2.82. The van der Waals surface area contributed by atoms with Gasteiger partial charge in [0.2, 0.25) is 0 Å². The first-order chi connectivity index (χ1) is 13.1. The average Bonchev–Trinajstić information content (AvgIpc) is 2.68. The number of ether oxygens (including phenoxy) is 1. The van der Waals surface area contributed by atoms with Crippen LogP contribution in [0.25, 0.3) is 0 Å². The number of benzene rings is 1. The van der Waals surface area contributed by atoms with Crippen LogP contribution in [0.15, 0.2) is 67.0 Å². The summed E-state index contributed by atoms with van der Waals surface area (Å²) in [6.45, 7) is 4.34. The van der Waals surface area contributed by atoms with Gasteiger partial charge in [-0.05, 0) is 62.4 Å². The Labute approximate surface area is 158 Å². The molecule has 0 bridgehead atoms. The molecule has 1 amide bonds. The van der Waals surface area contributed by atoms with E-state index in [0.717, 1.165) is 22.8 Å². The Bertz CT molecular complexity index is 880. The third-order valence-electron chi connectivity index (χ3n) is 3.66. The molecule has 0 radical (unpaired) electrons. The zero-order valence-corrected chi connectivity index (χ0v) is 15.3. The van der Waals surface area contributed by atoms with Crippen molar-refractivity contribution in [1.82, 2.24) is 15.3 Å². The standard InChI is InChI=1S/C21H22N4O2/c1-15(2)27-19-8-6-16(7-9-19)25-17-10-12-23-20(13-17)21(26)24-14-18-5-3-4-11-22-18/h3-13,15H,14H2,1-2H3,(H,23,25)(H,24,26). The van der Waals surface area contributed by atoms with Gasteiger partial charge in [0.1, 0.15) is 11.4 Å². The Morgan fingerprint density at radius 2 is 1.81 bits per heavy atom. The van der Waals surface area contributed by atoms with E-state index < -0.39 is 0 Å². The van der Waals surface area contributed by atoms with Crippen molar-refractivity contribution in [3.05, 3.63) is 78.4 Å². The average molecular weight is 362 g/mol. The zero-order chi connectivity index (χ0) is 19.1. The van der Waals surface area contributed by atoms with E-state index >= 15 is 0 Å². The fraction of sp³-hybridized carbons (Fsp3) is 0.190. The minimum atomic E-state index is -0.245. The molecule has 2 heterocycles. The van der Waals surface area contributed by atoms with Gasteiger partial charge in [0.05, 0.1) is 18.3 Å². The van der Waals surface area contributed by atoms with Crippen LogP contribution in [0.5, 0.6) is 5.75 Å². The molecule has 3 rings (SSSR count). The first kappa shape index (κ1) is 18.4. The van der Waals surface area contributed by atoms with E-state index in [1.807, 2.05) is 62.4 Å². The Morgan fingerprint density at radius 1 is 1.00 bits per heavy atom. The number of nitrogens with zero attached hydrogens (tertiary/aromatic N) is 2. The largest absolute Gasteiger partial charge is 0.491 e. The van der Waals surface area contributed by atoms with Crippen molar-refractivity contribution in [3.8, 4) is 5.75 Å². The molecule has 1 aromatic carbocycles. The second-order valence-corrected chi connectivity index (χ2v) is 6.25. The zero-order valence-electron chi connectivity index (χ0n) is 15.3. The molecule has 2 N–H and O–H groups in total. The van der Waals surface area contributed by atoms with Crippen molar-refractivity contribution in [2.24, 2.45) is 0 Å². The first-order valence-electron chi connectivity index (χ1n) is 8.78. The number of amides is 1. The summed E-state index contributed by atoms with van der Waals surface area (Å²) in [5, 5.41) is 6.09. The second kappa shape index (κ2) is 8.80. The van der Waals surface area contributed by atoms with E-state index in [2.05, 4.69) is 20.6 Å². The van der Waals surface area contributed by atoms with Gasteiger partial charge in [-0.2, -0.15) is 0 Å². The molecule has 27 heavy (non-hydrogen) atoms. The second-order valence-electron chi connectivity index (χ2n) is 6.25. The summed E-state index contributed by atoms with van der Waals surface area (Å²) in [6.07, 6.45) is 3.44. The summed E-state index contributed by atoms with van der Waals surface area (Å²) in [4.78, 5) is 20.7. The summed E-state index contributed by atoms with van der Waals surface area (Å²) >= 11 is 0. The SMILES string of the molecule is CC(C)Oc1ccc(Nc2ccnc(C(=O)NCc3ccccn3)c2)cc1. The summed E-state index contributed by atoms with van der Waals surface area (Å²) in [7, 11) is 0. The van der Waals surface area contributed by atoms with Crippen molar-refractivity contribution >= 4 is 17.3 Å². The predicted octanol–water partition coefficient (Wildman–Crippen LogP) is 3.94. The Hall–Kier alpha value is -3.41. The molecule has 0 saturated carbocycles. The van der Waals surface area contributed by atoms with Gasteiger partial charge in [-0.15, -0.1) is 0 Å². The van der Waals surface area contributed by atoms with Crippen LogP contribution in [-0.2, 0) is 6.54 Å². The third-order valence-corrected chi connectivity index (χ3v) is 3.66. The third kappa shape index (κ3) is 5.54. The lowest BCUT2D eigenvalue weighted by Crippen LogP contribution is -2.24. The molecule has 2 aromatic heterocycles. The maximum atomic E-state index is 12.3. The minimum Gasteiger partial charge on any atom is -0.491 e. The molecule has 0 spiro atoms. The maximum absolute atomic E-state index is 12.3. The lowest BCUT2D eigenvalue weighted by atomic mass is 10.2. The number of pyridine rings is 2. The molecule has 0 unspecified atom stereocenters. The molecule has 138 valence electrons. The Balaban J connectivity index is 1.62. The van der Waals surface area contributed by atoms with E-state index in [4.69, 9.17) is 4.74 Å². The molecule has 0 aliphatic rings. The predicted molar refractivity (Wildman–Crippen MR) is 105 cm³/mol. The molecule has 0 aliphatic heterocycles. The van der Waals surface area contributed by atoms with Crippen molar-refractivity contribution in [1.29, 1.82) is 0 Å². The van der Waals surface area contributed by atoms with Crippen LogP contribution in [0.3, 0.4) is 0 Å². The highest BCUT2D eigenvalue weighted by atomic mass is 16.5. The summed E-state index contributed by atoms with van der Waals surface area (Å²) in [6, 6.07) is 16.8. The number of carbonyl (C=O) groups excluding carboxylic acids is 1. The highest BCUT2D eigenvalue weighted by Gasteiger charge is 2.08. The van der Waals surface area contributed by atoms with Crippen LogP contribution >= 0.6 is 0 Å². The van der Waals surface area contributed by atoms with Gasteiger partial charge in [0.25, 0.3) is 5.91 Å². The van der Waals surface area contributed by atoms with E-state index in [0.29, 0.717) is 12.2 Å². The molecule has 6 nitrogen and oxygen atoms in total. The highest BCUT2D eigenvalue weighted by Crippen LogP contribution is 2.21. The van der Waals surface area contributed by atoms with Gasteiger partial charge < -0.3 is 15.4 Å². The molecule has 0 saturated heterocycles. The van der Waals surface area contributed by atoms with Crippen LogP contribution in [0.2, 0.25) is 0 Å². The van der Waals surface area contributed by atoms with Gasteiger partial charge in [-0.25, -0.2) is 0 Å². The van der Waals surface area contributed by atoms with Crippen molar-refractivity contribution in [2.75, 3.05) is 5.32 Å². The van der Waals surface area contributed by atoms with Crippen LogP contribution in [0.1, 0.15) is 30.0 Å². The number of anilines is 2. The molecular formula is C21H22N4O2. The molecular weight excluding hydrogens is 340 g/mol. The minimum absolute atomic E-state index is 0.135. The van der Waals surface area contributed by atoms with Crippen molar-refractivity contribution < 1.29 is 9.53 Å². The fourth-order valence-corrected chi connectivity index (χ4v) is 2.45. The quantitative estimate of drug-likeness (QED) is 0.666. The highest BCUT2D eigenvalue weighted by molar-refractivity contribution is 5.93. The van der Waals surface area contributed by atoms with Gasteiger partial charge >= 0.3 is 0 Å². The smallest absolute Gasteiger partial charge is 0.270 e. The number of nitrogens with one attached hydrogen (secondary N) is 2. The van der Waals surface area contributed by atoms with Gasteiger partial charge in [-0.1, -0.05) is 6.07 Å². The lowest BCUT2D eigenvalue weighted by molar-refractivity contribution is 0.0945. The number of carbonyl (C=O) groups is 1. The van der Waals surface area contributed by atoms with Gasteiger partial charge in [0, 0.05) is 23.8 Å².